The Morgan fingerprint density at radius 3 is 2.57 bits per heavy atom. The van der Waals surface area contributed by atoms with E-state index in [1.54, 1.807) is 31.4 Å². The van der Waals surface area contributed by atoms with Crippen LogP contribution in [0.15, 0.2) is 53.5 Å². The summed E-state index contributed by atoms with van der Waals surface area (Å²) in [4.78, 5) is 16.5. The number of benzene rings is 2. The number of alkyl halides is 1. The number of amidine groups is 1. The van der Waals surface area contributed by atoms with E-state index < -0.39 is 0 Å². The van der Waals surface area contributed by atoms with Gasteiger partial charge in [0.25, 0.3) is 5.91 Å². The Hall–Kier alpha value is -2.53. The van der Waals surface area contributed by atoms with E-state index in [0.29, 0.717) is 17.8 Å². The molecule has 0 atom stereocenters. The number of methoxy groups -OCH3 is 1. The van der Waals surface area contributed by atoms with Gasteiger partial charge in [-0.15, -0.1) is 11.6 Å². The van der Waals surface area contributed by atoms with Crippen LogP contribution in [0.2, 0.25) is 0 Å². The normalized spacial score (nSPS) is 11.1. The van der Waals surface area contributed by atoms with Crippen molar-refractivity contribution in [1.82, 2.24) is 5.32 Å². The highest BCUT2D eigenvalue weighted by atomic mass is 35.5. The Labute approximate surface area is 140 Å². The Bertz CT molecular complexity index is 699. The summed E-state index contributed by atoms with van der Waals surface area (Å²) in [5.41, 5.74) is 7.56. The molecule has 0 spiro atoms. The van der Waals surface area contributed by atoms with Gasteiger partial charge in [0, 0.05) is 6.54 Å². The highest BCUT2D eigenvalue weighted by Crippen LogP contribution is 2.19. The van der Waals surface area contributed by atoms with Crippen LogP contribution in [0.1, 0.15) is 15.9 Å². The van der Waals surface area contributed by atoms with Gasteiger partial charge in [0.1, 0.15) is 11.6 Å². The zero-order chi connectivity index (χ0) is 16.7. The van der Waals surface area contributed by atoms with Crippen molar-refractivity contribution in [1.29, 1.82) is 0 Å². The first-order valence-electron chi connectivity index (χ1n) is 7.03. The molecular weight excluding hydrogens is 314 g/mol. The summed E-state index contributed by atoms with van der Waals surface area (Å²) in [5, 5.41) is 2.86. The van der Waals surface area contributed by atoms with E-state index in [9.17, 15) is 4.79 Å². The third-order valence-corrected chi connectivity index (χ3v) is 3.44. The molecule has 2 aromatic rings. The number of nitrogens with two attached hydrogens (primary N) is 1. The number of hydrogen-bond acceptors (Lipinski definition) is 3. The van der Waals surface area contributed by atoms with Gasteiger partial charge in [-0.05, 0) is 29.8 Å². The molecule has 0 aliphatic carbocycles. The number of halogens is 1. The molecule has 5 nitrogen and oxygen atoms in total. The standard InChI is InChI=1S/C17H18ClN3O2/c1-23-13-8-6-12(7-9-13)11-20-17(22)14-4-2-3-5-15(14)21-16(19)10-18/h2-9H,10-11H2,1H3,(H2,19,21)(H,20,22). The molecule has 2 rings (SSSR count). The van der Waals surface area contributed by atoms with Gasteiger partial charge in [-0.3, -0.25) is 4.79 Å². The van der Waals surface area contributed by atoms with Crippen molar-refractivity contribution in [3.8, 4) is 5.75 Å². The number of carbonyl (C=O) groups excluding carboxylic acids is 1. The van der Waals surface area contributed by atoms with Crippen molar-refractivity contribution in [3.63, 3.8) is 0 Å². The molecule has 0 aliphatic heterocycles. The molecule has 0 heterocycles. The van der Waals surface area contributed by atoms with E-state index in [0.717, 1.165) is 11.3 Å². The number of rotatable bonds is 6. The maximum atomic E-state index is 12.4. The third kappa shape index (κ3) is 4.72. The van der Waals surface area contributed by atoms with E-state index in [1.807, 2.05) is 24.3 Å². The van der Waals surface area contributed by atoms with Gasteiger partial charge < -0.3 is 15.8 Å². The molecule has 6 heteroatoms. The summed E-state index contributed by atoms with van der Waals surface area (Å²) in [6, 6.07) is 14.5. The SMILES string of the molecule is COc1ccc(CNC(=O)c2ccccc2N=C(N)CCl)cc1. The summed E-state index contributed by atoms with van der Waals surface area (Å²) < 4.78 is 5.10. The third-order valence-electron chi connectivity index (χ3n) is 3.16. The second-order valence-corrected chi connectivity index (χ2v) is 5.05. The van der Waals surface area contributed by atoms with Gasteiger partial charge >= 0.3 is 0 Å². The molecule has 23 heavy (non-hydrogen) atoms. The van der Waals surface area contributed by atoms with Crippen molar-refractivity contribution in [3.05, 3.63) is 59.7 Å². The fraction of sp³-hybridized carbons (Fsp3) is 0.176. The lowest BCUT2D eigenvalue weighted by atomic mass is 10.1. The average Bonchev–Trinajstić information content (AvgIpc) is 2.60. The average molecular weight is 332 g/mol. The smallest absolute Gasteiger partial charge is 0.253 e. The molecule has 0 unspecified atom stereocenters. The van der Waals surface area contributed by atoms with Gasteiger partial charge in [0.15, 0.2) is 0 Å². The van der Waals surface area contributed by atoms with E-state index in [4.69, 9.17) is 22.1 Å². The molecule has 0 fully saturated rings. The fourth-order valence-corrected chi connectivity index (χ4v) is 2.03. The number of amides is 1. The number of carbonyl (C=O) groups is 1. The molecule has 0 aliphatic rings. The molecule has 0 bridgehead atoms. The predicted molar refractivity (Wildman–Crippen MR) is 92.6 cm³/mol. The van der Waals surface area contributed by atoms with Crippen LogP contribution < -0.4 is 15.8 Å². The first-order chi connectivity index (χ1) is 11.1. The summed E-state index contributed by atoms with van der Waals surface area (Å²) in [5.74, 6) is 0.933. The van der Waals surface area contributed by atoms with E-state index in [1.165, 1.54) is 0 Å². The number of nitrogens with zero attached hydrogens (tertiary/aromatic N) is 1. The van der Waals surface area contributed by atoms with Gasteiger partial charge in [-0.2, -0.15) is 0 Å². The number of nitrogens with one attached hydrogen (secondary N) is 1. The second-order valence-electron chi connectivity index (χ2n) is 4.78. The quantitative estimate of drug-likeness (QED) is 0.485. The number of para-hydroxylation sites is 1. The Balaban J connectivity index is 2.08. The molecule has 0 saturated carbocycles. The van der Waals surface area contributed by atoms with Crippen LogP contribution in [-0.2, 0) is 6.54 Å². The molecule has 3 N–H and O–H groups in total. The minimum atomic E-state index is -0.220. The lowest BCUT2D eigenvalue weighted by Crippen LogP contribution is -2.23. The lowest BCUT2D eigenvalue weighted by Gasteiger charge is -2.08. The zero-order valence-corrected chi connectivity index (χ0v) is 13.5. The van der Waals surface area contributed by atoms with Crippen molar-refractivity contribution in [2.24, 2.45) is 10.7 Å². The Morgan fingerprint density at radius 2 is 1.91 bits per heavy atom. The highest BCUT2D eigenvalue weighted by molar-refractivity contribution is 6.28. The Kier molecular flexibility index (Phi) is 6.00. The highest BCUT2D eigenvalue weighted by Gasteiger charge is 2.10. The number of aliphatic imine (C=N–C) groups is 1. The van der Waals surface area contributed by atoms with Crippen molar-refractivity contribution in [2.75, 3.05) is 13.0 Å². The van der Waals surface area contributed by atoms with E-state index in [-0.39, 0.29) is 17.6 Å². The van der Waals surface area contributed by atoms with E-state index >= 15 is 0 Å². The van der Waals surface area contributed by atoms with Gasteiger partial charge in [0.2, 0.25) is 0 Å². The van der Waals surface area contributed by atoms with Crippen molar-refractivity contribution < 1.29 is 9.53 Å². The first-order valence-corrected chi connectivity index (χ1v) is 7.56. The van der Waals surface area contributed by atoms with Crippen LogP contribution in [0.3, 0.4) is 0 Å². The van der Waals surface area contributed by atoms with Crippen LogP contribution >= 0.6 is 11.6 Å². The Morgan fingerprint density at radius 1 is 1.22 bits per heavy atom. The van der Waals surface area contributed by atoms with Crippen LogP contribution in [-0.4, -0.2) is 24.7 Å². The first kappa shape index (κ1) is 16.8. The molecule has 0 radical (unpaired) electrons. The molecule has 0 saturated heterocycles. The monoisotopic (exact) mass is 331 g/mol. The topological polar surface area (TPSA) is 76.7 Å². The van der Waals surface area contributed by atoms with Crippen LogP contribution in [0.5, 0.6) is 5.75 Å². The molecule has 2 aromatic carbocycles. The zero-order valence-electron chi connectivity index (χ0n) is 12.8. The van der Waals surface area contributed by atoms with Gasteiger partial charge in [-0.25, -0.2) is 4.99 Å². The number of hydrogen-bond donors (Lipinski definition) is 2. The molecule has 1 amide bonds. The van der Waals surface area contributed by atoms with Crippen LogP contribution in [0.25, 0.3) is 0 Å². The lowest BCUT2D eigenvalue weighted by molar-refractivity contribution is 0.0951. The van der Waals surface area contributed by atoms with Crippen molar-refractivity contribution in [2.45, 2.75) is 6.54 Å². The minimum absolute atomic E-state index is 0.113. The maximum Gasteiger partial charge on any atom is 0.253 e. The fourth-order valence-electron chi connectivity index (χ4n) is 1.97. The maximum absolute atomic E-state index is 12.4. The van der Waals surface area contributed by atoms with Crippen LogP contribution in [0, 0.1) is 0 Å². The minimum Gasteiger partial charge on any atom is -0.497 e. The predicted octanol–water partition coefficient (Wildman–Crippen LogP) is 2.85. The second kappa shape index (κ2) is 8.19. The summed E-state index contributed by atoms with van der Waals surface area (Å²) in [6.45, 7) is 0.409. The van der Waals surface area contributed by atoms with Crippen LogP contribution in [0.4, 0.5) is 5.69 Å². The summed E-state index contributed by atoms with van der Waals surface area (Å²) in [7, 11) is 1.61. The van der Waals surface area contributed by atoms with E-state index in [2.05, 4.69) is 10.3 Å². The molecule has 120 valence electrons. The molecule has 0 aromatic heterocycles. The van der Waals surface area contributed by atoms with Gasteiger partial charge in [0.05, 0.1) is 24.2 Å². The van der Waals surface area contributed by atoms with Crippen molar-refractivity contribution >= 4 is 29.0 Å². The van der Waals surface area contributed by atoms with Gasteiger partial charge in [-0.1, -0.05) is 24.3 Å². The largest absolute Gasteiger partial charge is 0.497 e. The summed E-state index contributed by atoms with van der Waals surface area (Å²) >= 11 is 5.63. The number of ether oxygens (including phenoxy) is 1. The summed E-state index contributed by atoms with van der Waals surface area (Å²) in [6.07, 6.45) is 0. The molecular formula is C17H18ClN3O2.